The van der Waals surface area contributed by atoms with Crippen molar-refractivity contribution in [1.82, 2.24) is 5.32 Å². The quantitative estimate of drug-likeness (QED) is 0.818. The number of hydrogen-bond acceptors (Lipinski definition) is 3. The number of hydrogen-bond donors (Lipinski definition) is 2. The summed E-state index contributed by atoms with van der Waals surface area (Å²) in [7, 11) is 0. The number of rotatable bonds is 5. The number of carbonyl (C=O) groups is 2. The maximum atomic E-state index is 11.8. The first-order chi connectivity index (χ1) is 10.1. The summed E-state index contributed by atoms with van der Waals surface area (Å²) < 4.78 is 5.37. The molecule has 1 saturated carbocycles. The second kappa shape index (κ2) is 7.67. The molecule has 0 heterocycles. The van der Waals surface area contributed by atoms with Crippen LogP contribution in [-0.2, 0) is 4.79 Å². The molecule has 0 radical (unpaired) electrons. The van der Waals surface area contributed by atoms with Crippen molar-refractivity contribution in [3.8, 4) is 5.75 Å². The molecule has 1 aromatic carbocycles. The Morgan fingerprint density at radius 3 is 2.29 bits per heavy atom. The summed E-state index contributed by atoms with van der Waals surface area (Å²) in [5, 5.41) is 11.8. The smallest absolute Gasteiger partial charge is 0.335 e. The van der Waals surface area contributed by atoms with Gasteiger partial charge >= 0.3 is 5.97 Å². The Morgan fingerprint density at radius 2 is 1.71 bits per heavy atom. The molecule has 0 unspecified atom stereocenters. The largest absolute Gasteiger partial charge is 0.484 e. The van der Waals surface area contributed by atoms with E-state index in [9.17, 15) is 9.59 Å². The zero-order chi connectivity index (χ0) is 15.1. The average molecular weight is 291 g/mol. The molecule has 5 heteroatoms. The van der Waals surface area contributed by atoms with Crippen LogP contribution in [-0.4, -0.2) is 29.6 Å². The lowest BCUT2D eigenvalue weighted by molar-refractivity contribution is -0.123. The second-order valence-electron chi connectivity index (χ2n) is 5.37. The Bertz CT molecular complexity index is 476. The first-order valence-electron chi connectivity index (χ1n) is 7.40. The maximum absolute atomic E-state index is 11.8. The van der Waals surface area contributed by atoms with Gasteiger partial charge in [0.05, 0.1) is 5.56 Å². The van der Waals surface area contributed by atoms with Gasteiger partial charge in [-0.1, -0.05) is 25.7 Å². The molecule has 21 heavy (non-hydrogen) atoms. The minimum Gasteiger partial charge on any atom is -0.484 e. The fraction of sp³-hybridized carbons (Fsp3) is 0.500. The van der Waals surface area contributed by atoms with Crippen LogP contribution in [0, 0.1) is 0 Å². The van der Waals surface area contributed by atoms with Gasteiger partial charge in [0.1, 0.15) is 5.75 Å². The van der Waals surface area contributed by atoms with Crippen molar-refractivity contribution in [2.75, 3.05) is 6.61 Å². The van der Waals surface area contributed by atoms with Gasteiger partial charge in [-0.25, -0.2) is 4.79 Å². The third-order valence-electron chi connectivity index (χ3n) is 3.69. The number of nitrogens with one attached hydrogen (secondary N) is 1. The van der Waals surface area contributed by atoms with Crippen LogP contribution in [0.3, 0.4) is 0 Å². The fourth-order valence-electron chi connectivity index (χ4n) is 2.54. The SMILES string of the molecule is O=C(COc1ccc(C(=O)O)cc1)NC1CCCCCC1. The highest BCUT2D eigenvalue weighted by Gasteiger charge is 2.14. The minimum absolute atomic E-state index is 0.0388. The highest BCUT2D eigenvalue weighted by molar-refractivity contribution is 5.87. The van der Waals surface area contributed by atoms with Gasteiger partial charge in [0.2, 0.25) is 0 Å². The Labute approximate surface area is 124 Å². The van der Waals surface area contributed by atoms with E-state index in [1.54, 1.807) is 12.1 Å². The molecule has 5 nitrogen and oxygen atoms in total. The molecule has 114 valence electrons. The number of benzene rings is 1. The molecular weight excluding hydrogens is 270 g/mol. The Hall–Kier alpha value is -2.04. The van der Waals surface area contributed by atoms with Crippen molar-refractivity contribution in [1.29, 1.82) is 0 Å². The number of carbonyl (C=O) groups excluding carboxylic acids is 1. The molecule has 0 bridgehead atoms. The second-order valence-corrected chi connectivity index (χ2v) is 5.37. The molecule has 1 aliphatic rings. The van der Waals surface area contributed by atoms with E-state index in [1.165, 1.54) is 37.8 Å². The van der Waals surface area contributed by atoms with E-state index in [0.717, 1.165) is 12.8 Å². The molecule has 0 saturated heterocycles. The van der Waals surface area contributed by atoms with Crippen molar-refractivity contribution in [3.05, 3.63) is 29.8 Å². The van der Waals surface area contributed by atoms with E-state index in [-0.39, 0.29) is 24.1 Å². The topological polar surface area (TPSA) is 75.6 Å². The van der Waals surface area contributed by atoms with Gasteiger partial charge in [0.25, 0.3) is 5.91 Å². The van der Waals surface area contributed by atoms with E-state index in [0.29, 0.717) is 5.75 Å². The van der Waals surface area contributed by atoms with Crippen LogP contribution >= 0.6 is 0 Å². The van der Waals surface area contributed by atoms with Crippen molar-refractivity contribution in [2.45, 2.75) is 44.6 Å². The fourth-order valence-corrected chi connectivity index (χ4v) is 2.54. The van der Waals surface area contributed by atoms with Crippen LogP contribution in [0.4, 0.5) is 0 Å². The summed E-state index contributed by atoms with van der Waals surface area (Å²) in [6.07, 6.45) is 6.92. The van der Waals surface area contributed by atoms with E-state index in [4.69, 9.17) is 9.84 Å². The predicted octanol–water partition coefficient (Wildman–Crippen LogP) is 2.60. The van der Waals surface area contributed by atoms with Crippen LogP contribution in [0.2, 0.25) is 0 Å². The maximum Gasteiger partial charge on any atom is 0.335 e. The first kappa shape index (κ1) is 15.4. The predicted molar refractivity (Wildman–Crippen MR) is 78.5 cm³/mol. The zero-order valence-electron chi connectivity index (χ0n) is 12.0. The highest BCUT2D eigenvalue weighted by atomic mass is 16.5. The van der Waals surface area contributed by atoms with Crippen molar-refractivity contribution < 1.29 is 19.4 Å². The molecule has 2 rings (SSSR count). The van der Waals surface area contributed by atoms with Gasteiger partial charge in [-0.3, -0.25) is 4.79 Å². The summed E-state index contributed by atoms with van der Waals surface area (Å²) in [5.74, 6) is -0.604. The molecular formula is C16H21NO4. The molecule has 1 amide bonds. The van der Waals surface area contributed by atoms with Gasteiger partial charge in [0, 0.05) is 6.04 Å². The molecule has 0 atom stereocenters. The molecule has 0 aliphatic heterocycles. The van der Waals surface area contributed by atoms with Gasteiger partial charge in [-0.2, -0.15) is 0 Å². The normalized spacial score (nSPS) is 16.0. The monoisotopic (exact) mass is 291 g/mol. The number of aromatic carboxylic acids is 1. The van der Waals surface area contributed by atoms with Crippen LogP contribution in [0.25, 0.3) is 0 Å². The summed E-state index contributed by atoms with van der Waals surface area (Å²) in [6, 6.07) is 6.30. The highest BCUT2D eigenvalue weighted by Crippen LogP contribution is 2.17. The summed E-state index contributed by atoms with van der Waals surface area (Å²) >= 11 is 0. The van der Waals surface area contributed by atoms with Crippen LogP contribution < -0.4 is 10.1 Å². The standard InChI is InChI=1S/C16H21NO4/c18-15(17-13-5-3-1-2-4-6-13)11-21-14-9-7-12(8-10-14)16(19)20/h7-10,13H,1-6,11H2,(H,17,18)(H,19,20). The Balaban J connectivity index is 1.76. The zero-order valence-corrected chi connectivity index (χ0v) is 12.0. The molecule has 2 N–H and O–H groups in total. The van der Waals surface area contributed by atoms with Crippen LogP contribution in [0.5, 0.6) is 5.75 Å². The lowest BCUT2D eigenvalue weighted by atomic mass is 10.1. The summed E-state index contributed by atoms with van der Waals surface area (Å²) in [6.45, 7) is -0.0388. The van der Waals surface area contributed by atoms with Crippen LogP contribution in [0.1, 0.15) is 48.9 Å². The molecule has 0 spiro atoms. The Morgan fingerprint density at radius 1 is 1.10 bits per heavy atom. The number of ether oxygens (including phenoxy) is 1. The molecule has 1 aromatic rings. The number of amides is 1. The van der Waals surface area contributed by atoms with Gasteiger partial charge in [0.15, 0.2) is 6.61 Å². The van der Waals surface area contributed by atoms with Gasteiger partial charge in [-0.05, 0) is 37.1 Å². The third-order valence-corrected chi connectivity index (χ3v) is 3.69. The van der Waals surface area contributed by atoms with Crippen molar-refractivity contribution in [2.24, 2.45) is 0 Å². The lowest BCUT2D eigenvalue weighted by Gasteiger charge is -2.16. The third kappa shape index (κ3) is 5.10. The van der Waals surface area contributed by atoms with E-state index in [2.05, 4.69) is 5.32 Å². The van der Waals surface area contributed by atoms with Crippen LogP contribution in [0.15, 0.2) is 24.3 Å². The van der Waals surface area contributed by atoms with Gasteiger partial charge in [-0.15, -0.1) is 0 Å². The van der Waals surface area contributed by atoms with E-state index in [1.807, 2.05) is 0 Å². The van der Waals surface area contributed by atoms with Crippen molar-refractivity contribution >= 4 is 11.9 Å². The van der Waals surface area contributed by atoms with E-state index < -0.39 is 5.97 Å². The summed E-state index contributed by atoms with van der Waals surface area (Å²) in [4.78, 5) is 22.6. The summed E-state index contributed by atoms with van der Waals surface area (Å²) in [5.41, 5.74) is 0.199. The van der Waals surface area contributed by atoms with Crippen molar-refractivity contribution in [3.63, 3.8) is 0 Å². The van der Waals surface area contributed by atoms with Gasteiger partial charge < -0.3 is 15.2 Å². The molecule has 1 fully saturated rings. The number of carboxylic acids is 1. The lowest BCUT2D eigenvalue weighted by Crippen LogP contribution is -2.37. The first-order valence-corrected chi connectivity index (χ1v) is 7.40. The molecule has 0 aromatic heterocycles. The molecule has 1 aliphatic carbocycles. The van der Waals surface area contributed by atoms with E-state index >= 15 is 0 Å². The average Bonchev–Trinajstić information content (AvgIpc) is 2.74. The minimum atomic E-state index is -0.979. The number of carboxylic acid groups (broad SMARTS) is 1. The Kier molecular flexibility index (Phi) is 5.60.